The molecule has 20 heavy (non-hydrogen) atoms. The minimum atomic E-state index is 0.442. The number of hydrogen-bond donors (Lipinski definition) is 1. The molecule has 0 aliphatic heterocycles. The van der Waals surface area contributed by atoms with Crippen LogP contribution >= 0.6 is 0 Å². The summed E-state index contributed by atoms with van der Waals surface area (Å²) in [5.74, 6) is 0. The molecule has 0 aromatic heterocycles. The van der Waals surface area contributed by atoms with Crippen molar-refractivity contribution in [2.24, 2.45) is 0 Å². The summed E-state index contributed by atoms with van der Waals surface area (Å²) in [4.78, 5) is 2.45. The summed E-state index contributed by atoms with van der Waals surface area (Å²) in [5, 5.41) is 3.71. The minimum absolute atomic E-state index is 0.442. The number of rotatable bonds is 9. The predicted octanol–water partition coefficient (Wildman–Crippen LogP) is 4.08. The fourth-order valence-electron chi connectivity index (χ4n) is 2.64. The van der Waals surface area contributed by atoms with Crippen molar-refractivity contribution in [3.8, 4) is 0 Å². The molecule has 0 fully saturated rings. The highest BCUT2D eigenvalue weighted by Crippen LogP contribution is 2.20. The van der Waals surface area contributed by atoms with E-state index in [4.69, 9.17) is 0 Å². The largest absolute Gasteiger partial charge is 0.309 e. The van der Waals surface area contributed by atoms with Gasteiger partial charge in [-0.3, -0.25) is 0 Å². The third-order valence-corrected chi connectivity index (χ3v) is 3.83. The van der Waals surface area contributed by atoms with Gasteiger partial charge in [0, 0.05) is 12.6 Å². The average molecular weight is 276 g/mol. The first kappa shape index (κ1) is 17.2. The summed E-state index contributed by atoms with van der Waals surface area (Å²) in [6.07, 6.45) is 3.73. The second-order valence-electron chi connectivity index (χ2n) is 5.98. The summed E-state index contributed by atoms with van der Waals surface area (Å²) in [6, 6.07) is 7.26. The first-order valence-corrected chi connectivity index (χ1v) is 8.07. The number of unbranched alkanes of at least 4 members (excludes halogenated alkanes) is 1. The summed E-state index contributed by atoms with van der Waals surface area (Å²) < 4.78 is 0. The van der Waals surface area contributed by atoms with Crippen molar-refractivity contribution in [3.05, 3.63) is 34.9 Å². The number of likely N-dealkylation sites (N-methyl/N-ethyl adjacent to an activating group) is 1. The molecule has 0 heterocycles. The van der Waals surface area contributed by atoms with E-state index in [1.165, 1.54) is 42.5 Å². The van der Waals surface area contributed by atoms with Crippen molar-refractivity contribution in [2.75, 3.05) is 26.7 Å². The van der Waals surface area contributed by atoms with Crippen molar-refractivity contribution in [1.29, 1.82) is 0 Å². The standard InChI is InChI=1S/C18H32N2/c1-6-8-12-20(5)14-18(19-11-7-2)17-10-9-15(3)13-16(17)4/h9-10,13,18-19H,6-8,11-12,14H2,1-5H3. The smallest absolute Gasteiger partial charge is 0.0451 e. The van der Waals surface area contributed by atoms with Crippen LogP contribution in [0, 0.1) is 13.8 Å². The van der Waals surface area contributed by atoms with E-state index in [9.17, 15) is 0 Å². The Morgan fingerprint density at radius 1 is 1.15 bits per heavy atom. The molecule has 114 valence electrons. The van der Waals surface area contributed by atoms with Gasteiger partial charge in [-0.2, -0.15) is 0 Å². The molecule has 1 rings (SSSR count). The van der Waals surface area contributed by atoms with Crippen molar-refractivity contribution >= 4 is 0 Å². The zero-order valence-corrected chi connectivity index (χ0v) is 14.0. The highest BCUT2D eigenvalue weighted by Gasteiger charge is 2.15. The van der Waals surface area contributed by atoms with Crippen molar-refractivity contribution < 1.29 is 0 Å². The molecule has 0 saturated carbocycles. The molecule has 1 aromatic rings. The van der Waals surface area contributed by atoms with E-state index in [-0.39, 0.29) is 0 Å². The average Bonchev–Trinajstić information content (AvgIpc) is 2.41. The molecule has 0 aliphatic rings. The Morgan fingerprint density at radius 3 is 2.50 bits per heavy atom. The van der Waals surface area contributed by atoms with E-state index in [0.717, 1.165) is 13.1 Å². The number of benzene rings is 1. The Bertz CT molecular complexity index is 387. The SMILES string of the molecule is CCCCN(C)CC(NCCC)c1ccc(C)cc1C. The van der Waals surface area contributed by atoms with Crippen LogP contribution in [0.2, 0.25) is 0 Å². The molecule has 0 bridgehead atoms. The lowest BCUT2D eigenvalue weighted by molar-refractivity contribution is 0.286. The van der Waals surface area contributed by atoms with Gasteiger partial charge in [-0.25, -0.2) is 0 Å². The molecular formula is C18H32N2. The number of nitrogens with zero attached hydrogens (tertiary/aromatic N) is 1. The van der Waals surface area contributed by atoms with Crippen LogP contribution in [-0.2, 0) is 0 Å². The topological polar surface area (TPSA) is 15.3 Å². The number of nitrogens with one attached hydrogen (secondary N) is 1. The van der Waals surface area contributed by atoms with Gasteiger partial charge >= 0.3 is 0 Å². The first-order chi connectivity index (χ1) is 9.58. The second-order valence-corrected chi connectivity index (χ2v) is 5.98. The molecule has 1 N–H and O–H groups in total. The van der Waals surface area contributed by atoms with Gasteiger partial charge in [0.25, 0.3) is 0 Å². The fourth-order valence-corrected chi connectivity index (χ4v) is 2.64. The Balaban J connectivity index is 2.76. The van der Waals surface area contributed by atoms with E-state index in [1.807, 2.05) is 0 Å². The van der Waals surface area contributed by atoms with E-state index in [0.29, 0.717) is 6.04 Å². The number of hydrogen-bond acceptors (Lipinski definition) is 2. The van der Waals surface area contributed by atoms with Crippen LogP contribution in [-0.4, -0.2) is 31.6 Å². The highest BCUT2D eigenvalue weighted by atomic mass is 15.1. The molecule has 0 radical (unpaired) electrons. The van der Waals surface area contributed by atoms with Crippen LogP contribution in [0.4, 0.5) is 0 Å². The van der Waals surface area contributed by atoms with Crippen LogP contribution < -0.4 is 5.32 Å². The Hall–Kier alpha value is -0.860. The van der Waals surface area contributed by atoms with Gasteiger partial charge in [-0.05, 0) is 58.0 Å². The van der Waals surface area contributed by atoms with Crippen LogP contribution in [0.3, 0.4) is 0 Å². The summed E-state index contributed by atoms with van der Waals surface area (Å²) in [6.45, 7) is 12.2. The molecule has 2 nitrogen and oxygen atoms in total. The van der Waals surface area contributed by atoms with Gasteiger partial charge in [-0.15, -0.1) is 0 Å². The lowest BCUT2D eigenvalue weighted by Gasteiger charge is -2.26. The highest BCUT2D eigenvalue weighted by molar-refractivity contribution is 5.33. The van der Waals surface area contributed by atoms with Gasteiger partial charge < -0.3 is 10.2 Å². The fraction of sp³-hybridized carbons (Fsp3) is 0.667. The van der Waals surface area contributed by atoms with E-state index in [2.05, 4.69) is 63.2 Å². The van der Waals surface area contributed by atoms with E-state index in [1.54, 1.807) is 0 Å². The monoisotopic (exact) mass is 276 g/mol. The maximum atomic E-state index is 3.71. The van der Waals surface area contributed by atoms with Crippen molar-refractivity contribution in [1.82, 2.24) is 10.2 Å². The van der Waals surface area contributed by atoms with Gasteiger partial charge in [-0.1, -0.05) is 44.0 Å². The lowest BCUT2D eigenvalue weighted by atomic mass is 9.98. The summed E-state index contributed by atoms with van der Waals surface area (Å²) in [7, 11) is 2.24. The maximum Gasteiger partial charge on any atom is 0.0451 e. The van der Waals surface area contributed by atoms with E-state index >= 15 is 0 Å². The van der Waals surface area contributed by atoms with Crippen LogP contribution in [0.25, 0.3) is 0 Å². The van der Waals surface area contributed by atoms with Crippen LogP contribution in [0.5, 0.6) is 0 Å². The van der Waals surface area contributed by atoms with Gasteiger partial charge in [0.15, 0.2) is 0 Å². The van der Waals surface area contributed by atoms with Gasteiger partial charge in [0.2, 0.25) is 0 Å². The van der Waals surface area contributed by atoms with Crippen molar-refractivity contribution in [2.45, 2.75) is 53.0 Å². The normalized spacial score (nSPS) is 12.9. The van der Waals surface area contributed by atoms with Gasteiger partial charge in [0.1, 0.15) is 0 Å². The lowest BCUT2D eigenvalue weighted by Crippen LogP contribution is -2.34. The molecule has 0 spiro atoms. The van der Waals surface area contributed by atoms with E-state index < -0.39 is 0 Å². The third-order valence-electron chi connectivity index (χ3n) is 3.83. The Morgan fingerprint density at radius 2 is 1.90 bits per heavy atom. The minimum Gasteiger partial charge on any atom is -0.309 e. The molecule has 1 aromatic carbocycles. The zero-order chi connectivity index (χ0) is 15.0. The molecule has 0 saturated heterocycles. The first-order valence-electron chi connectivity index (χ1n) is 8.07. The molecular weight excluding hydrogens is 244 g/mol. The maximum absolute atomic E-state index is 3.71. The number of aryl methyl sites for hydroxylation is 2. The Labute approximate surface area is 125 Å². The predicted molar refractivity (Wildman–Crippen MR) is 89.4 cm³/mol. The van der Waals surface area contributed by atoms with Crippen LogP contribution in [0.15, 0.2) is 18.2 Å². The molecule has 1 atom stereocenters. The molecule has 0 aliphatic carbocycles. The summed E-state index contributed by atoms with van der Waals surface area (Å²) in [5.41, 5.74) is 4.20. The van der Waals surface area contributed by atoms with Crippen LogP contribution in [0.1, 0.15) is 55.8 Å². The molecule has 2 heteroatoms. The molecule has 0 amide bonds. The molecule has 1 unspecified atom stereocenters. The summed E-state index contributed by atoms with van der Waals surface area (Å²) >= 11 is 0. The zero-order valence-electron chi connectivity index (χ0n) is 14.0. The second kappa shape index (κ2) is 9.15. The van der Waals surface area contributed by atoms with Crippen molar-refractivity contribution in [3.63, 3.8) is 0 Å². The Kier molecular flexibility index (Phi) is 7.86. The quantitative estimate of drug-likeness (QED) is 0.731. The van der Waals surface area contributed by atoms with Gasteiger partial charge in [0.05, 0.1) is 0 Å². The third kappa shape index (κ3) is 5.64.